The number of hydrogen-bond acceptors (Lipinski definition) is 3. The molecule has 1 heterocycles. The zero-order valence-corrected chi connectivity index (χ0v) is 11.8. The molecule has 0 amide bonds. The summed E-state index contributed by atoms with van der Waals surface area (Å²) in [5.74, 6) is -0.0219. The second kappa shape index (κ2) is 6.15. The molecule has 1 N–H and O–H groups in total. The van der Waals surface area contributed by atoms with Crippen LogP contribution in [0.5, 0.6) is 0 Å². The maximum Gasteiger partial charge on any atom is 0.415 e. The fourth-order valence-corrected chi connectivity index (χ4v) is 2.52. The number of ketones is 1. The van der Waals surface area contributed by atoms with Crippen molar-refractivity contribution in [2.24, 2.45) is 0 Å². The van der Waals surface area contributed by atoms with Gasteiger partial charge in [0.1, 0.15) is 0 Å². The number of aliphatic hydroxyl groups is 1. The van der Waals surface area contributed by atoms with Gasteiger partial charge in [0.15, 0.2) is 11.9 Å². The van der Waals surface area contributed by atoms with Gasteiger partial charge < -0.3 is 5.11 Å². The minimum Gasteiger partial charge on any atom is -0.382 e. The van der Waals surface area contributed by atoms with Gasteiger partial charge in [-0.1, -0.05) is 12.1 Å². The third kappa shape index (κ3) is 4.04. The van der Waals surface area contributed by atoms with Crippen LogP contribution in [0.4, 0.5) is 13.2 Å². The molecule has 1 atom stereocenters. The van der Waals surface area contributed by atoms with Crippen LogP contribution >= 0.6 is 0 Å². The van der Waals surface area contributed by atoms with Crippen LogP contribution in [0, 0.1) is 0 Å². The largest absolute Gasteiger partial charge is 0.415 e. The molecule has 0 aliphatic carbocycles. The van der Waals surface area contributed by atoms with Gasteiger partial charge in [-0.25, -0.2) is 0 Å². The van der Waals surface area contributed by atoms with Gasteiger partial charge in [0.25, 0.3) is 0 Å². The summed E-state index contributed by atoms with van der Waals surface area (Å²) in [6.45, 7) is 2.00. The van der Waals surface area contributed by atoms with Gasteiger partial charge in [-0.05, 0) is 37.0 Å². The molecule has 1 aliphatic heterocycles. The predicted molar refractivity (Wildman–Crippen MR) is 72.4 cm³/mol. The summed E-state index contributed by atoms with van der Waals surface area (Å²) in [5, 5.41) is 9.15. The summed E-state index contributed by atoms with van der Waals surface area (Å²) < 4.78 is 37.2. The molecule has 3 nitrogen and oxygen atoms in total. The van der Waals surface area contributed by atoms with Crippen LogP contribution in [0.25, 0.3) is 0 Å². The molecule has 1 aliphatic rings. The van der Waals surface area contributed by atoms with Crippen LogP contribution < -0.4 is 0 Å². The first kappa shape index (κ1) is 16.0. The topological polar surface area (TPSA) is 40.5 Å². The summed E-state index contributed by atoms with van der Waals surface area (Å²) in [6, 6.07) is 5.44. The molecule has 6 heteroatoms. The van der Waals surface area contributed by atoms with Gasteiger partial charge in [-0.3, -0.25) is 9.69 Å². The second-order valence-corrected chi connectivity index (χ2v) is 5.40. The number of fused-ring (bicyclic) bond motifs is 1. The molecule has 116 valence electrons. The molecular formula is C15H18F3NO2. The third-order valence-electron chi connectivity index (χ3n) is 3.82. The molecule has 0 saturated carbocycles. The smallest absolute Gasteiger partial charge is 0.382 e. The summed E-state index contributed by atoms with van der Waals surface area (Å²) in [4.78, 5) is 13.0. The van der Waals surface area contributed by atoms with Crippen LogP contribution in [0.1, 0.15) is 28.4 Å². The fraction of sp³-hybridized carbons (Fsp3) is 0.533. The molecule has 0 saturated heterocycles. The highest BCUT2D eigenvalue weighted by molar-refractivity contribution is 5.94. The van der Waals surface area contributed by atoms with Crippen LogP contribution in [-0.2, 0) is 12.8 Å². The van der Waals surface area contributed by atoms with E-state index in [1.807, 2.05) is 12.1 Å². The van der Waals surface area contributed by atoms with Gasteiger partial charge in [0, 0.05) is 25.2 Å². The number of rotatable bonds is 3. The van der Waals surface area contributed by atoms with Crippen LogP contribution in [-0.4, -0.2) is 47.7 Å². The Morgan fingerprint density at radius 3 is 2.48 bits per heavy atom. The summed E-state index contributed by atoms with van der Waals surface area (Å²) >= 11 is 0. The lowest BCUT2D eigenvalue weighted by Gasteiger charge is -2.24. The summed E-state index contributed by atoms with van der Waals surface area (Å²) in [7, 11) is 0. The van der Waals surface area contributed by atoms with Gasteiger partial charge in [-0.15, -0.1) is 0 Å². The lowest BCUT2D eigenvalue weighted by atomic mass is 9.99. The van der Waals surface area contributed by atoms with Crippen molar-refractivity contribution in [3.8, 4) is 0 Å². The Labute approximate surface area is 121 Å². The van der Waals surface area contributed by atoms with Gasteiger partial charge in [0.2, 0.25) is 0 Å². The quantitative estimate of drug-likeness (QED) is 0.870. The first-order valence-electron chi connectivity index (χ1n) is 6.87. The summed E-state index contributed by atoms with van der Waals surface area (Å²) in [6.07, 6.45) is -5.69. The van der Waals surface area contributed by atoms with Crippen molar-refractivity contribution in [3.05, 3.63) is 34.9 Å². The standard InChI is InChI=1S/C15H18F3NO2/c1-10(20)12-3-2-11-4-6-19(7-5-13(11)8-12)9-14(21)15(16,17)18/h2-3,8,14,21H,4-7,9H2,1H3/t14-/m1/s1. The van der Waals surface area contributed by atoms with Crippen molar-refractivity contribution in [1.82, 2.24) is 4.90 Å². The third-order valence-corrected chi connectivity index (χ3v) is 3.82. The van der Waals surface area contributed by atoms with Crippen molar-refractivity contribution in [2.75, 3.05) is 19.6 Å². The van der Waals surface area contributed by atoms with E-state index in [9.17, 15) is 18.0 Å². The van der Waals surface area contributed by atoms with Gasteiger partial charge in [0.05, 0.1) is 0 Å². The van der Waals surface area contributed by atoms with E-state index >= 15 is 0 Å². The van der Waals surface area contributed by atoms with E-state index in [0.717, 1.165) is 11.1 Å². The van der Waals surface area contributed by atoms with Crippen LogP contribution in [0.3, 0.4) is 0 Å². The van der Waals surface area contributed by atoms with E-state index < -0.39 is 18.8 Å². The minimum atomic E-state index is -4.58. The average Bonchev–Trinajstić information content (AvgIpc) is 2.59. The number of halogens is 3. The second-order valence-electron chi connectivity index (χ2n) is 5.40. The summed E-state index contributed by atoms with van der Waals surface area (Å²) in [5.41, 5.74) is 2.69. The zero-order valence-electron chi connectivity index (χ0n) is 11.8. The van der Waals surface area contributed by atoms with Crippen molar-refractivity contribution in [1.29, 1.82) is 0 Å². The number of benzene rings is 1. The maximum atomic E-state index is 12.4. The molecule has 0 aromatic heterocycles. The van der Waals surface area contributed by atoms with E-state index in [1.165, 1.54) is 6.92 Å². The van der Waals surface area contributed by atoms with Crippen molar-refractivity contribution >= 4 is 5.78 Å². The number of carbonyl (C=O) groups is 1. The Morgan fingerprint density at radius 1 is 1.29 bits per heavy atom. The van der Waals surface area contributed by atoms with Crippen LogP contribution in [0.2, 0.25) is 0 Å². The number of hydrogen-bond donors (Lipinski definition) is 1. The first-order chi connectivity index (χ1) is 9.77. The fourth-order valence-electron chi connectivity index (χ4n) is 2.52. The normalized spacial score (nSPS) is 18.0. The van der Waals surface area contributed by atoms with E-state index in [1.54, 1.807) is 11.0 Å². The number of Topliss-reactive ketones (excluding diaryl/α,β-unsaturated/α-hetero) is 1. The Hall–Kier alpha value is -1.40. The van der Waals surface area contributed by atoms with Crippen molar-refractivity contribution in [2.45, 2.75) is 32.0 Å². The molecule has 0 bridgehead atoms. The predicted octanol–water partition coefficient (Wildman–Crippen LogP) is 2.21. The number of alkyl halides is 3. The molecular weight excluding hydrogens is 283 g/mol. The molecule has 0 radical (unpaired) electrons. The molecule has 0 spiro atoms. The Kier molecular flexibility index (Phi) is 4.68. The lowest BCUT2D eigenvalue weighted by Crippen LogP contribution is -2.41. The first-order valence-corrected chi connectivity index (χ1v) is 6.87. The van der Waals surface area contributed by atoms with Crippen molar-refractivity contribution in [3.63, 3.8) is 0 Å². The highest BCUT2D eigenvalue weighted by atomic mass is 19.4. The molecule has 1 aromatic carbocycles. The number of nitrogens with zero attached hydrogens (tertiary/aromatic N) is 1. The molecule has 21 heavy (non-hydrogen) atoms. The molecule has 0 unspecified atom stereocenters. The Bertz CT molecular complexity index is 528. The average molecular weight is 301 g/mol. The highest BCUT2D eigenvalue weighted by Gasteiger charge is 2.39. The molecule has 2 rings (SSSR count). The lowest BCUT2D eigenvalue weighted by molar-refractivity contribution is -0.208. The highest BCUT2D eigenvalue weighted by Crippen LogP contribution is 2.23. The van der Waals surface area contributed by atoms with E-state index in [-0.39, 0.29) is 5.78 Å². The van der Waals surface area contributed by atoms with Crippen molar-refractivity contribution < 1.29 is 23.1 Å². The number of β-amino-alcohol motifs (C(OH)–C–C–N with tert-alkyl or cyclic N) is 1. The van der Waals surface area contributed by atoms with Gasteiger partial charge in [-0.2, -0.15) is 13.2 Å². The van der Waals surface area contributed by atoms with Crippen LogP contribution in [0.15, 0.2) is 18.2 Å². The monoisotopic (exact) mass is 301 g/mol. The minimum absolute atomic E-state index is 0.0219. The van der Waals surface area contributed by atoms with E-state index in [0.29, 0.717) is 31.5 Å². The molecule has 0 fully saturated rings. The van der Waals surface area contributed by atoms with E-state index in [4.69, 9.17) is 5.11 Å². The molecule has 1 aromatic rings. The van der Waals surface area contributed by atoms with E-state index in [2.05, 4.69) is 0 Å². The Morgan fingerprint density at radius 2 is 1.90 bits per heavy atom. The SMILES string of the molecule is CC(=O)c1ccc2c(c1)CCN(C[C@@H](O)C(F)(F)F)CC2. The number of aliphatic hydroxyl groups excluding tert-OH is 1. The Balaban J connectivity index is 2.05. The number of carbonyl (C=O) groups excluding carboxylic acids is 1. The zero-order chi connectivity index (χ0) is 15.6. The van der Waals surface area contributed by atoms with Gasteiger partial charge >= 0.3 is 6.18 Å². The maximum absolute atomic E-state index is 12.4.